The number of amides is 1. The van der Waals surface area contributed by atoms with Gasteiger partial charge in [-0.25, -0.2) is 0 Å². The molecule has 20 heavy (non-hydrogen) atoms. The summed E-state index contributed by atoms with van der Waals surface area (Å²) in [6.07, 6.45) is 1.06. The second-order valence-corrected chi connectivity index (χ2v) is 6.54. The maximum Gasteiger partial charge on any atom is 0.226 e. The van der Waals surface area contributed by atoms with Crippen LogP contribution in [0.15, 0.2) is 18.2 Å². The summed E-state index contributed by atoms with van der Waals surface area (Å²) in [5.41, 5.74) is 1.08. The molecule has 3 rings (SSSR count). The Morgan fingerprint density at radius 1 is 1.15 bits per heavy atom. The van der Waals surface area contributed by atoms with Crippen LogP contribution in [0.4, 0.5) is 5.69 Å². The zero-order valence-corrected chi connectivity index (χ0v) is 13.0. The molecule has 1 aliphatic heterocycles. The molecule has 2 fully saturated rings. The Balaban J connectivity index is 1.60. The maximum absolute atomic E-state index is 12.2. The summed E-state index contributed by atoms with van der Waals surface area (Å²) in [7, 11) is 0. The van der Waals surface area contributed by atoms with Crippen molar-refractivity contribution in [3.8, 4) is 0 Å². The summed E-state index contributed by atoms with van der Waals surface area (Å²) >= 11 is 12.0. The van der Waals surface area contributed by atoms with Crippen LogP contribution in [0.3, 0.4) is 0 Å². The molecule has 0 N–H and O–H groups in total. The molecule has 2 atom stereocenters. The lowest BCUT2D eigenvalue weighted by molar-refractivity contribution is -0.133. The van der Waals surface area contributed by atoms with Crippen LogP contribution in [0.2, 0.25) is 10.0 Å². The highest BCUT2D eigenvalue weighted by Crippen LogP contribution is 2.39. The second-order valence-electron chi connectivity index (χ2n) is 5.73. The van der Waals surface area contributed by atoms with Crippen LogP contribution in [0, 0.1) is 11.8 Å². The van der Waals surface area contributed by atoms with E-state index in [2.05, 4.69) is 11.8 Å². The number of anilines is 1. The normalized spacial score (nSPS) is 25.8. The first-order valence-electron chi connectivity index (χ1n) is 7.05. The average Bonchev–Trinajstić information content (AvgIpc) is 3.18. The van der Waals surface area contributed by atoms with E-state index in [0.29, 0.717) is 21.9 Å². The molecule has 1 aromatic rings. The van der Waals surface area contributed by atoms with Gasteiger partial charge in [0.15, 0.2) is 0 Å². The maximum atomic E-state index is 12.2. The van der Waals surface area contributed by atoms with Gasteiger partial charge in [0, 0.05) is 37.8 Å². The first-order chi connectivity index (χ1) is 9.56. The van der Waals surface area contributed by atoms with Crippen LogP contribution in [-0.4, -0.2) is 37.0 Å². The number of carbonyl (C=O) groups is 1. The van der Waals surface area contributed by atoms with E-state index < -0.39 is 0 Å². The first kappa shape index (κ1) is 14.0. The fraction of sp³-hybridized carbons (Fsp3) is 0.533. The van der Waals surface area contributed by atoms with Crippen LogP contribution < -0.4 is 4.90 Å². The number of rotatable bonds is 2. The van der Waals surface area contributed by atoms with Crippen molar-refractivity contribution in [3.63, 3.8) is 0 Å². The van der Waals surface area contributed by atoms with Crippen molar-refractivity contribution in [2.75, 3.05) is 31.1 Å². The zero-order chi connectivity index (χ0) is 14.3. The van der Waals surface area contributed by atoms with Gasteiger partial charge in [-0.05, 0) is 30.5 Å². The summed E-state index contributed by atoms with van der Waals surface area (Å²) in [5.74, 6) is 1.20. The van der Waals surface area contributed by atoms with Gasteiger partial charge in [0.25, 0.3) is 0 Å². The Bertz CT molecular complexity index is 527. The molecule has 0 unspecified atom stereocenters. The number of halogens is 2. The first-order valence-corrected chi connectivity index (χ1v) is 7.80. The van der Waals surface area contributed by atoms with Gasteiger partial charge in [0.2, 0.25) is 5.91 Å². The number of piperazine rings is 1. The molecule has 1 aromatic carbocycles. The predicted molar refractivity (Wildman–Crippen MR) is 82.5 cm³/mol. The van der Waals surface area contributed by atoms with Crippen molar-refractivity contribution in [1.82, 2.24) is 4.90 Å². The molecular formula is C15H18Cl2N2O. The third-order valence-corrected chi connectivity index (χ3v) is 5.03. The van der Waals surface area contributed by atoms with Gasteiger partial charge in [-0.2, -0.15) is 0 Å². The molecule has 108 valence electrons. The van der Waals surface area contributed by atoms with Crippen molar-refractivity contribution < 1.29 is 4.79 Å². The number of hydrogen-bond acceptors (Lipinski definition) is 2. The van der Waals surface area contributed by atoms with E-state index in [1.54, 1.807) is 0 Å². The second kappa shape index (κ2) is 5.45. The van der Waals surface area contributed by atoms with Gasteiger partial charge >= 0.3 is 0 Å². The van der Waals surface area contributed by atoms with Gasteiger partial charge < -0.3 is 9.80 Å². The minimum absolute atomic E-state index is 0.284. The van der Waals surface area contributed by atoms with Crippen LogP contribution >= 0.6 is 23.2 Å². The van der Waals surface area contributed by atoms with E-state index >= 15 is 0 Å². The van der Waals surface area contributed by atoms with Crippen molar-refractivity contribution in [3.05, 3.63) is 28.2 Å². The largest absolute Gasteiger partial charge is 0.368 e. The lowest BCUT2D eigenvalue weighted by Gasteiger charge is -2.36. The number of nitrogens with zero attached hydrogens (tertiary/aromatic N) is 2. The van der Waals surface area contributed by atoms with E-state index in [4.69, 9.17) is 23.2 Å². The van der Waals surface area contributed by atoms with Crippen molar-refractivity contribution >= 4 is 34.8 Å². The summed E-state index contributed by atoms with van der Waals surface area (Å²) < 4.78 is 0. The smallest absolute Gasteiger partial charge is 0.226 e. The van der Waals surface area contributed by atoms with Gasteiger partial charge in [-0.3, -0.25) is 4.79 Å². The molecule has 1 saturated heterocycles. The molecule has 1 aliphatic carbocycles. The topological polar surface area (TPSA) is 23.6 Å². The fourth-order valence-corrected chi connectivity index (χ4v) is 3.06. The summed E-state index contributed by atoms with van der Waals surface area (Å²) in [5, 5.41) is 1.15. The van der Waals surface area contributed by atoms with Crippen LogP contribution in [-0.2, 0) is 4.79 Å². The molecular weight excluding hydrogens is 295 g/mol. The molecule has 2 aliphatic rings. The lowest BCUT2D eigenvalue weighted by Crippen LogP contribution is -2.49. The molecule has 0 spiro atoms. The number of carbonyl (C=O) groups excluding carboxylic acids is 1. The minimum Gasteiger partial charge on any atom is -0.368 e. The van der Waals surface area contributed by atoms with Crippen LogP contribution in [0.5, 0.6) is 0 Å². The molecule has 1 amide bonds. The van der Waals surface area contributed by atoms with Crippen LogP contribution in [0.1, 0.15) is 13.3 Å². The van der Waals surface area contributed by atoms with E-state index in [1.807, 2.05) is 23.1 Å². The van der Waals surface area contributed by atoms with E-state index in [1.165, 1.54) is 0 Å². The monoisotopic (exact) mass is 312 g/mol. The SMILES string of the molecule is C[C@H]1C[C@H]1C(=O)N1CCN(c2ccc(Cl)c(Cl)c2)CC1. The van der Waals surface area contributed by atoms with E-state index in [-0.39, 0.29) is 5.92 Å². The van der Waals surface area contributed by atoms with E-state index in [9.17, 15) is 4.79 Å². The Morgan fingerprint density at radius 3 is 2.35 bits per heavy atom. The van der Waals surface area contributed by atoms with Gasteiger partial charge in [-0.1, -0.05) is 30.1 Å². The highest BCUT2D eigenvalue weighted by Gasteiger charge is 2.41. The number of hydrogen-bond donors (Lipinski definition) is 0. The summed E-state index contributed by atoms with van der Waals surface area (Å²) in [6, 6.07) is 5.70. The molecule has 5 heteroatoms. The predicted octanol–water partition coefficient (Wildman–Crippen LogP) is 3.30. The third kappa shape index (κ3) is 2.75. The molecule has 3 nitrogen and oxygen atoms in total. The van der Waals surface area contributed by atoms with Gasteiger partial charge in [0.05, 0.1) is 10.0 Å². The molecule has 0 aromatic heterocycles. The lowest BCUT2D eigenvalue weighted by atomic mass is 10.2. The quantitative estimate of drug-likeness (QED) is 0.836. The zero-order valence-electron chi connectivity index (χ0n) is 11.5. The highest BCUT2D eigenvalue weighted by molar-refractivity contribution is 6.42. The van der Waals surface area contributed by atoms with Crippen LogP contribution in [0.25, 0.3) is 0 Å². The number of benzene rings is 1. The standard InChI is InChI=1S/C15H18Cl2N2O/c1-10-8-12(10)15(20)19-6-4-18(5-7-19)11-2-3-13(16)14(17)9-11/h2-3,9-10,12H,4-8H2,1H3/t10-,12+/m0/s1. The Kier molecular flexibility index (Phi) is 3.83. The van der Waals surface area contributed by atoms with Gasteiger partial charge in [-0.15, -0.1) is 0 Å². The van der Waals surface area contributed by atoms with Crippen molar-refractivity contribution in [2.45, 2.75) is 13.3 Å². The summed E-state index contributed by atoms with van der Waals surface area (Å²) in [6.45, 7) is 5.44. The van der Waals surface area contributed by atoms with Crippen molar-refractivity contribution in [2.24, 2.45) is 11.8 Å². The third-order valence-electron chi connectivity index (χ3n) is 4.29. The average molecular weight is 313 g/mol. The highest BCUT2D eigenvalue weighted by atomic mass is 35.5. The molecule has 1 heterocycles. The van der Waals surface area contributed by atoms with Crippen molar-refractivity contribution in [1.29, 1.82) is 0 Å². The Morgan fingerprint density at radius 2 is 1.80 bits per heavy atom. The molecule has 0 bridgehead atoms. The Labute approximate surface area is 129 Å². The van der Waals surface area contributed by atoms with E-state index in [0.717, 1.165) is 38.3 Å². The van der Waals surface area contributed by atoms with Gasteiger partial charge in [0.1, 0.15) is 0 Å². The molecule has 0 radical (unpaired) electrons. The minimum atomic E-state index is 0.284. The summed E-state index contributed by atoms with van der Waals surface area (Å²) in [4.78, 5) is 16.4. The molecule has 1 saturated carbocycles. The fourth-order valence-electron chi connectivity index (χ4n) is 2.77. The Hall–Kier alpha value is -0.930.